The maximum Gasteiger partial charge on any atom is 0.225 e. The molecule has 1 fully saturated rings. The first-order valence-electron chi connectivity index (χ1n) is 8.65. The molecular formula is C17H29N5OS. The van der Waals surface area contributed by atoms with Crippen molar-refractivity contribution >= 4 is 23.2 Å². The predicted octanol–water partition coefficient (Wildman–Crippen LogP) is 2.02. The molecule has 1 heterocycles. The zero-order valence-electron chi connectivity index (χ0n) is 15.1. The van der Waals surface area contributed by atoms with Crippen molar-refractivity contribution in [1.29, 1.82) is 0 Å². The highest BCUT2D eigenvalue weighted by Gasteiger charge is 2.28. The first-order chi connectivity index (χ1) is 11.5. The van der Waals surface area contributed by atoms with Crippen molar-refractivity contribution in [3.05, 3.63) is 16.1 Å². The van der Waals surface area contributed by atoms with Gasteiger partial charge in [-0.05, 0) is 25.7 Å². The summed E-state index contributed by atoms with van der Waals surface area (Å²) in [5, 5.41) is 7.86. The van der Waals surface area contributed by atoms with Crippen LogP contribution in [0.25, 0.3) is 0 Å². The molecule has 2 rings (SSSR count). The highest BCUT2D eigenvalue weighted by atomic mass is 32.1. The van der Waals surface area contributed by atoms with Gasteiger partial charge in [0, 0.05) is 44.2 Å². The van der Waals surface area contributed by atoms with Crippen LogP contribution < -0.4 is 10.6 Å². The zero-order chi connectivity index (χ0) is 17.5. The molecule has 134 valence electrons. The van der Waals surface area contributed by atoms with Gasteiger partial charge in [-0.3, -0.25) is 9.79 Å². The lowest BCUT2D eigenvalue weighted by Crippen LogP contribution is -2.46. The molecule has 1 aliphatic rings. The van der Waals surface area contributed by atoms with Crippen LogP contribution in [0.4, 0.5) is 0 Å². The molecule has 2 atom stereocenters. The van der Waals surface area contributed by atoms with Gasteiger partial charge in [-0.2, -0.15) is 0 Å². The topological polar surface area (TPSA) is 69.6 Å². The summed E-state index contributed by atoms with van der Waals surface area (Å²) in [5.41, 5.74) is 0. The quantitative estimate of drug-likeness (QED) is 0.629. The lowest BCUT2D eigenvalue weighted by molar-refractivity contribution is -0.134. The van der Waals surface area contributed by atoms with Crippen molar-refractivity contribution in [1.82, 2.24) is 20.5 Å². The summed E-state index contributed by atoms with van der Waals surface area (Å²) in [6, 6.07) is 0.293. The third-order valence-corrected chi connectivity index (χ3v) is 5.53. The Balaban J connectivity index is 1.84. The summed E-state index contributed by atoms with van der Waals surface area (Å²) >= 11 is 1.73. The van der Waals surface area contributed by atoms with E-state index in [1.54, 1.807) is 23.3 Å². The summed E-state index contributed by atoms with van der Waals surface area (Å²) in [7, 11) is 5.44. The Morgan fingerprint density at radius 1 is 1.46 bits per heavy atom. The fourth-order valence-electron chi connectivity index (χ4n) is 3.05. The number of guanidine groups is 1. The van der Waals surface area contributed by atoms with Crippen LogP contribution in [-0.2, 0) is 17.8 Å². The van der Waals surface area contributed by atoms with Gasteiger partial charge in [-0.15, -0.1) is 11.3 Å². The van der Waals surface area contributed by atoms with Gasteiger partial charge in [0.05, 0.1) is 6.54 Å². The SMILES string of the molecule is CCc1cnc(CNC(=NC)NC2CCCC(C(=O)N(C)C)C2)s1. The van der Waals surface area contributed by atoms with Crippen molar-refractivity contribution in [3.63, 3.8) is 0 Å². The third kappa shape index (κ3) is 5.19. The Labute approximate surface area is 148 Å². The van der Waals surface area contributed by atoms with Crippen molar-refractivity contribution in [3.8, 4) is 0 Å². The van der Waals surface area contributed by atoms with Crippen LogP contribution >= 0.6 is 11.3 Å². The number of hydrogen-bond donors (Lipinski definition) is 2. The lowest BCUT2D eigenvalue weighted by Gasteiger charge is -2.31. The Kier molecular flexibility index (Phi) is 7.02. The number of nitrogens with zero attached hydrogens (tertiary/aromatic N) is 3. The van der Waals surface area contributed by atoms with Crippen LogP contribution in [0.3, 0.4) is 0 Å². The van der Waals surface area contributed by atoms with E-state index in [1.807, 2.05) is 20.3 Å². The molecule has 1 amide bonds. The number of aryl methyl sites for hydroxylation is 1. The molecule has 0 aliphatic heterocycles. The largest absolute Gasteiger partial charge is 0.354 e. The van der Waals surface area contributed by atoms with Crippen LogP contribution in [0.1, 0.15) is 42.5 Å². The highest BCUT2D eigenvalue weighted by Crippen LogP contribution is 2.25. The van der Waals surface area contributed by atoms with E-state index < -0.39 is 0 Å². The smallest absolute Gasteiger partial charge is 0.225 e. The molecule has 1 aromatic heterocycles. The number of aliphatic imine (C=N–C) groups is 1. The van der Waals surface area contributed by atoms with E-state index in [0.717, 1.165) is 43.1 Å². The van der Waals surface area contributed by atoms with E-state index >= 15 is 0 Å². The molecule has 6 nitrogen and oxygen atoms in total. The molecule has 0 radical (unpaired) electrons. The molecule has 2 N–H and O–H groups in total. The number of aromatic nitrogens is 1. The van der Waals surface area contributed by atoms with E-state index in [4.69, 9.17) is 0 Å². The van der Waals surface area contributed by atoms with Gasteiger partial charge < -0.3 is 15.5 Å². The van der Waals surface area contributed by atoms with E-state index in [-0.39, 0.29) is 11.8 Å². The third-order valence-electron chi connectivity index (χ3n) is 4.39. The average molecular weight is 352 g/mol. The maximum absolute atomic E-state index is 12.2. The molecule has 0 saturated heterocycles. The number of amides is 1. The summed E-state index contributed by atoms with van der Waals surface area (Å²) < 4.78 is 0. The number of nitrogens with one attached hydrogen (secondary N) is 2. The molecule has 1 aromatic rings. The Morgan fingerprint density at radius 2 is 2.25 bits per heavy atom. The van der Waals surface area contributed by atoms with Crippen molar-refractivity contribution in [2.24, 2.45) is 10.9 Å². The molecule has 24 heavy (non-hydrogen) atoms. The van der Waals surface area contributed by atoms with Gasteiger partial charge in [0.1, 0.15) is 5.01 Å². The Bertz CT molecular complexity index is 569. The van der Waals surface area contributed by atoms with Gasteiger partial charge in [-0.25, -0.2) is 4.98 Å². The molecule has 0 aromatic carbocycles. The minimum absolute atomic E-state index is 0.121. The highest BCUT2D eigenvalue weighted by molar-refractivity contribution is 7.11. The van der Waals surface area contributed by atoms with Crippen LogP contribution in [0.5, 0.6) is 0 Å². The fraction of sp³-hybridized carbons (Fsp3) is 0.706. The lowest BCUT2D eigenvalue weighted by atomic mass is 9.85. The van der Waals surface area contributed by atoms with Crippen LogP contribution in [0, 0.1) is 5.92 Å². The number of thiazole rings is 1. The molecule has 1 saturated carbocycles. The predicted molar refractivity (Wildman–Crippen MR) is 99.3 cm³/mol. The minimum atomic E-state index is 0.121. The molecule has 0 bridgehead atoms. The first-order valence-corrected chi connectivity index (χ1v) is 9.47. The molecule has 0 spiro atoms. The second-order valence-corrected chi connectivity index (χ2v) is 7.64. The van der Waals surface area contributed by atoms with Gasteiger partial charge in [-0.1, -0.05) is 13.3 Å². The van der Waals surface area contributed by atoms with E-state index in [2.05, 4.69) is 27.5 Å². The summed E-state index contributed by atoms with van der Waals surface area (Å²) in [5.74, 6) is 1.14. The van der Waals surface area contributed by atoms with Gasteiger partial charge in [0.2, 0.25) is 5.91 Å². The van der Waals surface area contributed by atoms with Crippen LogP contribution in [-0.4, -0.2) is 48.9 Å². The molecule has 1 aliphatic carbocycles. The average Bonchev–Trinajstić information content (AvgIpc) is 3.06. The van der Waals surface area contributed by atoms with E-state index in [1.165, 1.54) is 4.88 Å². The van der Waals surface area contributed by atoms with Crippen molar-refractivity contribution < 1.29 is 4.79 Å². The Hall–Kier alpha value is -1.63. The van der Waals surface area contributed by atoms with Gasteiger partial charge in [0.25, 0.3) is 0 Å². The second-order valence-electron chi connectivity index (χ2n) is 6.44. The molecule has 7 heteroatoms. The number of carbonyl (C=O) groups is 1. The van der Waals surface area contributed by atoms with Crippen molar-refractivity contribution in [2.45, 2.75) is 51.6 Å². The van der Waals surface area contributed by atoms with Gasteiger partial charge >= 0.3 is 0 Å². The number of carbonyl (C=O) groups excluding carboxylic acids is 1. The van der Waals surface area contributed by atoms with E-state index in [9.17, 15) is 4.79 Å². The van der Waals surface area contributed by atoms with E-state index in [0.29, 0.717) is 12.6 Å². The Morgan fingerprint density at radius 3 is 2.88 bits per heavy atom. The first kappa shape index (κ1) is 18.7. The minimum Gasteiger partial charge on any atom is -0.354 e. The summed E-state index contributed by atoms with van der Waals surface area (Å²) in [6.45, 7) is 2.82. The number of hydrogen-bond acceptors (Lipinski definition) is 4. The molecular weight excluding hydrogens is 322 g/mol. The standard InChI is InChI=1S/C17H29N5OS/c1-5-14-10-19-15(24-14)11-20-17(18-2)21-13-8-6-7-12(9-13)16(23)22(3)4/h10,12-13H,5-9,11H2,1-4H3,(H2,18,20,21). The zero-order valence-corrected chi connectivity index (χ0v) is 15.9. The summed E-state index contributed by atoms with van der Waals surface area (Å²) in [6.07, 6.45) is 6.97. The molecule has 2 unspecified atom stereocenters. The summed E-state index contributed by atoms with van der Waals surface area (Å²) in [4.78, 5) is 23.9. The van der Waals surface area contributed by atoms with Gasteiger partial charge in [0.15, 0.2) is 5.96 Å². The second kappa shape index (κ2) is 9.01. The van der Waals surface area contributed by atoms with Crippen molar-refractivity contribution in [2.75, 3.05) is 21.1 Å². The van der Waals surface area contributed by atoms with Crippen LogP contribution in [0.2, 0.25) is 0 Å². The van der Waals surface area contributed by atoms with Crippen LogP contribution in [0.15, 0.2) is 11.2 Å². The fourth-order valence-corrected chi connectivity index (χ4v) is 3.85. The normalized spacial score (nSPS) is 21.4. The maximum atomic E-state index is 12.2. The monoisotopic (exact) mass is 351 g/mol. The number of rotatable bonds is 5.